The highest BCUT2D eigenvalue weighted by molar-refractivity contribution is 5.78. The smallest absolute Gasteiger partial charge is 0.319 e. The van der Waals surface area contributed by atoms with Crippen molar-refractivity contribution in [2.45, 2.75) is 6.18 Å². The Labute approximate surface area is 97.7 Å². The topological polar surface area (TPSA) is 50.2 Å². The molecule has 0 unspecified atom stereocenters. The molecule has 0 bridgehead atoms. The summed E-state index contributed by atoms with van der Waals surface area (Å²) in [6, 6.07) is 3.19. The summed E-state index contributed by atoms with van der Waals surface area (Å²) >= 11 is 0. The van der Waals surface area contributed by atoms with E-state index in [1.54, 1.807) is 0 Å². The average molecular weight is 253 g/mol. The van der Waals surface area contributed by atoms with Gasteiger partial charge in [-0.2, -0.15) is 13.2 Å². The van der Waals surface area contributed by atoms with Crippen molar-refractivity contribution in [3.05, 3.63) is 46.6 Å². The van der Waals surface area contributed by atoms with Crippen LogP contribution in [0.4, 0.5) is 13.2 Å². The average Bonchev–Trinajstić information content (AvgIpc) is 2.77. The van der Waals surface area contributed by atoms with Crippen molar-refractivity contribution in [2.24, 2.45) is 0 Å². The first-order valence-electron chi connectivity index (χ1n) is 5.02. The summed E-state index contributed by atoms with van der Waals surface area (Å²) in [5.74, 6) is 0. The molecule has 0 aliphatic heterocycles. The second kappa shape index (κ2) is 3.34. The van der Waals surface area contributed by atoms with E-state index in [4.69, 9.17) is 0 Å². The predicted octanol–water partition coefficient (Wildman–Crippen LogP) is 2.19. The van der Waals surface area contributed by atoms with E-state index in [2.05, 4.69) is 9.97 Å². The number of alkyl halides is 3. The summed E-state index contributed by atoms with van der Waals surface area (Å²) in [7, 11) is 0. The summed E-state index contributed by atoms with van der Waals surface area (Å²) in [6.45, 7) is 0. The molecule has 0 aliphatic rings. The Morgan fingerprint density at radius 1 is 1.22 bits per heavy atom. The summed E-state index contributed by atoms with van der Waals surface area (Å²) in [6.07, 6.45) is -1.69. The SMILES string of the molecule is O=c1[nH]c2cc(C(F)(F)F)ccc2n2cncc12. The van der Waals surface area contributed by atoms with Crippen LogP contribution in [-0.4, -0.2) is 14.4 Å². The van der Waals surface area contributed by atoms with Gasteiger partial charge in [0, 0.05) is 0 Å². The van der Waals surface area contributed by atoms with Crippen LogP contribution in [0.15, 0.2) is 35.5 Å². The Morgan fingerprint density at radius 3 is 2.72 bits per heavy atom. The van der Waals surface area contributed by atoms with Crippen molar-refractivity contribution in [2.75, 3.05) is 0 Å². The van der Waals surface area contributed by atoms with E-state index < -0.39 is 17.3 Å². The Morgan fingerprint density at radius 2 is 2.00 bits per heavy atom. The molecule has 3 rings (SSSR count). The fourth-order valence-electron chi connectivity index (χ4n) is 1.86. The molecule has 1 aromatic carbocycles. The number of halogens is 3. The molecule has 18 heavy (non-hydrogen) atoms. The molecule has 0 fully saturated rings. The van der Waals surface area contributed by atoms with Crippen LogP contribution in [0.5, 0.6) is 0 Å². The second-order valence-electron chi connectivity index (χ2n) is 3.83. The maximum atomic E-state index is 12.6. The molecule has 0 radical (unpaired) electrons. The number of imidazole rings is 1. The lowest BCUT2D eigenvalue weighted by Crippen LogP contribution is -2.11. The van der Waals surface area contributed by atoms with Crippen LogP contribution in [0.3, 0.4) is 0 Å². The molecule has 92 valence electrons. The number of rotatable bonds is 0. The van der Waals surface area contributed by atoms with Crippen LogP contribution in [0.25, 0.3) is 16.6 Å². The molecule has 0 atom stereocenters. The normalized spacial score (nSPS) is 12.4. The minimum Gasteiger partial charge on any atom is -0.319 e. The summed E-state index contributed by atoms with van der Waals surface area (Å²) in [5.41, 5.74) is -0.387. The van der Waals surface area contributed by atoms with Gasteiger partial charge in [-0.1, -0.05) is 0 Å². The standard InChI is InChI=1S/C11H6F3N3O/c12-11(13,14)6-1-2-8-7(3-6)16-10(18)9-4-15-5-17(8)9/h1-5H,(H,16,18). The molecule has 2 aromatic heterocycles. The molecule has 0 amide bonds. The minimum absolute atomic E-state index is 0.125. The van der Waals surface area contributed by atoms with Crippen LogP contribution in [0.1, 0.15) is 5.56 Å². The molecule has 2 heterocycles. The second-order valence-corrected chi connectivity index (χ2v) is 3.83. The zero-order valence-corrected chi connectivity index (χ0v) is 8.82. The fraction of sp³-hybridized carbons (Fsp3) is 0.0909. The van der Waals surface area contributed by atoms with E-state index in [9.17, 15) is 18.0 Å². The van der Waals surface area contributed by atoms with Crippen molar-refractivity contribution >= 4 is 16.6 Å². The van der Waals surface area contributed by atoms with Gasteiger partial charge >= 0.3 is 6.18 Å². The summed E-state index contributed by atoms with van der Waals surface area (Å²) < 4.78 is 39.1. The van der Waals surface area contributed by atoms with Crippen molar-refractivity contribution < 1.29 is 13.2 Å². The highest BCUT2D eigenvalue weighted by Crippen LogP contribution is 2.30. The van der Waals surface area contributed by atoms with E-state index >= 15 is 0 Å². The van der Waals surface area contributed by atoms with Gasteiger partial charge in [0.25, 0.3) is 5.56 Å². The number of hydrogen-bond acceptors (Lipinski definition) is 2. The quantitative estimate of drug-likeness (QED) is 0.667. The van der Waals surface area contributed by atoms with E-state index in [-0.39, 0.29) is 5.52 Å². The molecule has 1 N–H and O–H groups in total. The highest BCUT2D eigenvalue weighted by Gasteiger charge is 2.30. The number of benzene rings is 1. The van der Waals surface area contributed by atoms with Gasteiger partial charge in [0.05, 0.1) is 29.1 Å². The lowest BCUT2D eigenvalue weighted by molar-refractivity contribution is -0.137. The first kappa shape index (κ1) is 10.8. The molecule has 3 aromatic rings. The van der Waals surface area contributed by atoms with Gasteiger partial charge in [0.15, 0.2) is 0 Å². The van der Waals surface area contributed by atoms with E-state index in [1.807, 2.05) is 0 Å². The number of hydrogen-bond donors (Lipinski definition) is 1. The molecular formula is C11H6F3N3O. The molecule has 0 saturated heterocycles. The van der Waals surface area contributed by atoms with E-state index in [0.717, 1.165) is 12.1 Å². The van der Waals surface area contributed by atoms with Crippen molar-refractivity contribution in [1.29, 1.82) is 0 Å². The monoisotopic (exact) mass is 253 g/mol. The van der Waals surface area contributed by atoms with Crippen LogP contribution < -0.4 is 5.56 Å². The maximum absolute atomic E-state index is 12.6. The van der Waals surface area contributed by atoms with Gasteiger partial charge in [-0.15, -0.1) is 0 Å². The minimum atomic E-state index is -4.44. The first-order chi connectivity index (χ1) is 8.47. The molecular weight excluding hydrogens is 247 g/mol. The molecule has 7 heteroatoms. The van der Waals surface area contributed by atoms with Crippen molar-refractivity contribution in [1.82, 2.24) is 14.4 Å². The summed E-state index contributed by atoms with van der Waals surface area (Å²) in [4.78, 5) is 17.8. The number of fused-ring (bicyclic) bond motifs is 3. The lowest BCUT2D eigenvalue weighted by Gasteiger charge is -2.08. The van der Waals surface area contributed by atoms with Gasteiger partial charge < -0.3 is 4.98 Å². The molecule has 0 saturated carbocycles. The Bertz CT molecular complexity index is 800. The third-order valence-corrected chi connectivity index (χ3v) is 2.70. The Hall–Kier alpha value is -2.31. The largest absolute Gasteiger partial charge is 0.416 e. The third kappa shape index (κ3) is 1.47. The van der Waals surface area contributed by atoms with Crippen molar-refractivity contribution in [3.8, 4) is 0 Å². The van der Waals surface area contributed by atoms with Gasteiger partial charge in [-0.05, 0) is 18.2 Å². The van der Waals surface area contributed by atoms with Gasteiger partial charge in [0.1, 0.15) is 5.52 Å². The number of H-pyrrole nitrogens is 1. The molecule has 0 aliphatic carbocycles. The van der Waals surface area contributed by atoms with E-state index in [1.165, 1.54) is 23.0 Å². The van der Waals surface area contributed by atoms with Crippen molar-refractivity contribution in [3.63, 3.8) is 0 Å². The third-order valence-electron chi connectivity index (χ3n) is 2.70. The van der Waals surface area contributed by atoms with Gasteiger partial charge in [-0.25, -0.2) is 4.98 Å². The Kier molecular flexibility index (Phi) is 2.01. The zero-order valence-electron chi connectivity index (χ0n) is 8.82. The van der Waals surface area contributed by atoms with Gasteiger partial charge in [-0.3, -0.25) is 9.20 Å². The zero-order chi connectivity index (χ0) is 12.9. The highest BCUT2D eigenvalue weighted by atomic mass is 19.4. The predicted molar refractivity (Wildman–Crippen MR) is 58.3 cm³/mol. The number of aromatic amines is 1. The number of nitrogens with one attached hydrogen (secondary N) is 1. The fourth-order valence-corrected chi connectivity index (χ4v) is 1.86. The molecule has 4 nitrogen and oxygen atoms in total. The van der Waals surface area contributed by atoms with Crippen LogP contribution >= 0.6 is 0 Å². The number of nitrogens with zero attached hydrogens (tertiary/aromatic N) is 2. The molecule has 0 spiro atoms. The van der Waals surface area contributed by atoms with E-state index in [0.29, 0.717) is 11.0 Å². The number of aromatic nitrogens is 3. The summed E-state index contributed by atoms with van der Waals surface area (Å²) in [5, 5.41) is 0. The maximum Gasteiger partial charge on any atom is 0.416 e. The lowest BCUT2D eigenvalue weighted by atomic mass is 10.2. The van der Waals surface area contributed by atoms with Crippen LogP contribution in [0, 0.1) is 0 Å². The van der Waals surface area contributed by atoms with Crippen LogP contribution in [0.2, 0.25) is 0 Å². The van der Waals surface area contributed by atoms with Crippen LogP contribution in [-0.2, 0) is 6.18 Å². The van der Waals surface area contributed by atoms with Gasteiger partial charge in [0.2, 0.25) is 0 Å². The first-order valence-corrected chi connectivity index (χ1v) is 5.02. The Balaban J connectivity index is 2.43.